The van der Waals surface area contributed by atoms with E-state index < -0.39 is 0 Å². The summed E-state index contributed by atoms with van der Waals surface area (Å²) in [6, 6.07) is 0. The first kappa shape index (κ1) is 14.0. The van der Waals surface area contributed by atoms with Gasteiger partial charge in [-0.15, -0.1) is 0 Å². The molecule has 1 aliphatic rings. The third kappa shape index (κ3) is 5.34. The minimum Gasteiger partial charge on any atom is -0.281 e. The topological polar surface area (TPSA) is 17.1 Å². The summed E-state index contributed by atoms with van der Waals surface area (Å²) in [5.41, 5.74) is 0. The smallest absolute Gasteiger partial charge is 0.224 e. The normalized spacial score (nSPS) is 25.6. The van der Waals surface area contributed by atoms with Crippen molar-refractivity contribution < 1.29 is 4.79 Å². The Bertz CT molecular complexity index is 195. The summed E-state index contributed by atoms with van der Waals surface area (Å²) in [5, 5.41) is -0.110. The fraction of sp³-hybridized carbons (Fsp3) is 0.929. The fourth-order valence-corrected chi connectivity index (χ4v) is 2.93. The van der Waals surface area contributed by atoms with Crippen LogP contribution in [0.4, 0.5) is 0 Å². The summed E-state index contributed by atoms with van der Waals surface area (Å²) in [6.45, 7) is 2.25. The highest BCUT2D eigenvalue weighted by atomic mass is 35.5. The molecule has 0 aliphatic heterocycles. The number of carbonyl (C=O) groups is 1. The molecule has 0 aromatic carbocycles. The zero-order valence-electron chi connectivity index (χ0n) is 10.5. The van der Waals surface area contributed by atoms with Crippen LogP contribution >= 0.6 is 11.6 Å². The lowest BCUT2D eigenvalue weighted by molar-refractivity contribution is -0.116. The van der Waals surface area contributed by atoms with Crippen LogP contribution in [0.25, 0.3) is 0 Å². The highest BCUT2D eigenvalue weighted by Crippen LogP contribution is 2.33. The third-order valence-corrected chi connectivity index (χ3v) is 4.19. The number of hydrogen-bond acceptors (Lipinski definition) is 1. The second kappa shape index (κ2) is 8.11. The minimum atomic E-state index is -0.110. The molecule has 0 radical (unpaired) electrons. The van der Waals surface area contributed by atoms with E-state index in [1.807, 2.05) is 0 Å². The van der Waals surface area contributed by atoms with Gasteiger partial charge in [-0.3, -0.25) is 4.79 Å². The molecule has 16 heavy (non-hydrogen) atoms. The van der Waals surface area contributed by atoms with E-state index in [1.165, 1.54) is 51.4 Å². The van der Waals surface area contributed by atoms with Gasteiger partial charge >= 0.3 is 0 Å². The van der Waals surface area contributed by atoms with Crippen LogP contribution in [0.1, 0.15) is 71.1 Å². The zero-order valence-corrected chi connectivity index (χ0v) is 11.3. The van der Waals surface area contributed by atoms with E-state index in [4.69, 9.17) is 11.6 Å². The first-order chi connectivity index (χ1) is 7.74. The summed E-state index contributed by atoms with van der Waals surface area (Å²) in [6.07, 6.45) is 12.7. The Balaban J connectivity index is 2.02. The van der Waals surface area contributed by atoms with Gasteiger partial charge in [-0.05, 0) is 43.2 Å². The standard InChI is InChI=1S/C14H25ClO/c1-2-3-4-5-6-7-12-8-10-13(11-9-12)14(15)16/h12-13H,2-11H2,1H3. The average Bonchev–Trinajstić information content (AvgIpc) is 2.29. The van der Waals surface area contributed by atoms with Crippen molar-refractivity contribution in [3.63, 3.8) is 0 Å². The SMILES string of the molecule is CCCCCCCC1CCC(C(=O)Cl)CC1. The maximum absolute atomic E-state index is 11.0. The molecule has 1 aliphatic carbocycles. The molecule has 0 saturated heterocycles. The Labute approximate surface area is 105 Å². The molecule has 0 atom stereocenters. The van der Waals surface area contributed by atoms with Crippen LogP contribution in [0.15, 0.2) is 0 Å². The first-order valence-corrected chi connectivity index (χ1v) is 7.31. The fourth-order valence-electron chi connectivity index (χ4n) is 2.71. The lowest BCUT2D eigenvalue weighted by Crippen LogP contribution is -2.18. The van der Waals surface area contributed by atoms with Crippen molar-refractivity contribution in [3.05, 3.63) is 0 Å². The molecule has 0 aromatic rings. The van der Waals surface area contributed by atoms with Crippen molar-refractivity contribution in [2.24, 2.45) is 11.8 Å². The molecule has 0 heterocycles. The Morgan fingerprint density at radius 3 is 2.25 bits per heavy atom. The molecular formula is C14H25ClO. The molecule has 0 bridgehead atoms. The van der Waals surface area contributed by atoms with Crippen LogP contribution in [0.5, 0.6) is 0 Å². The summed E-state index contributed by atoms with van der Waals surface area (Å²) >= 11 is 5.53. The molecule has 1 saturated carbocycles. The maximum Gasteiger partial charge on any atom is 0.224 e. The van der Waals surface area contributed by atoms with Crippen molar-refractivity contribution in [2.75, 3.05) is 0 Å². The third-order valence-electron chi connectivity index (χ3n) is 3.88. The van der Waals surface area contributed by atoms with Gasteiger partial charge in [0.05, 0.1) is 0 Å². The Kier molecular flexibility index (Phi) is 7.11. The second-order valence-electron chi connectivity index (χ2n) is 5.22. The number of rotatable bonds is 7. The first-order valence-electron chi connectivity index (χ1n) is 6.93. The van der Waals surface area contributed by atoms with Gasteiger partial charge in [0.1, 0.15) is 0 Å². The predicted octanol–water partition coefficient (Wildman–Crippen LogP) is 4.92. The van der Waals surface area contributed by atoms with Crippen molar-refractivity contribution >= 4 is 16.8 Å². The van der Waals surface area contributed by atoms with E-state index in [2.05, 4.69) is 6.92 Å². The van der Waals surface area contributed by atoms with Gasteiger partial charge in [0.25, 0.3) is 0 Å². The summed E-state index contributed by atoms with van der Waals surface area (Å²) in [7, 11) is 0. The molecular weight excluding hydrogens is 220 g/mol. The van der Waals surface area contributed by atoms with Gasteiger partial charge in [-0.2, -0.15) is 0 Å². The summed E-state index contributed by atoms with van der Waals surface area (Å²) in [5.74, 6) is 1.03. The average molecular weight is 245 g/mol. The summed E-state index contributed by atoms with van der Waals surface area (Å²) < 4.78 is 0. The quantitative estimate of drug-likeness (QED) is 0.459. The molecule has 2 heteroatoms. The van der Waals surface area contributed by atoms with Gasteiger partial charge in [0.15, 0.2) is 0 Å². The van der Waals surface area contributed by atoms with Crippen LogP contribution in [0, 0.1) is 11.8 Å². The van der Waals surface area contributed by atoms with Crippen LogP contribution in [-0.4, -0.2) is 5.24 Å². The Morgan fingerprint density at radius 1 is 1.06 bits per heavy atom. The lowest BCUT2D eigenvalue weighted by Gasteiger charge is -2.26. The molecule has 0 amide bonds. The van der Waals surface area contributed by atoms with Crippen LogP contribution in [0.3, 0.4) is 0 Å². The van der Waals surface area contributed by atoms with E-state index in [0.29, 0.717) is 0 Å². The van der Waals surface area contributed by atoms with E-state index in [1.54, 1.807) is 0 Å². The number of halogens is 1. The monoisotopic (exact) mass is 244 g/mol. The zero-order chi connectivity index (χ0) is 11.8. The van der Waals surface area contributed by atoms with E-state index in [-0.39, 0.29) is 11.2 Å². The Hall–Kier alpha value is -0.0400. The van der Waals surface area contributed by atoms with Crippen LogP contribution < -0.4 is 0 Å². The highest BCUT2D eigenvalue weighted by molar-refractivity contribution is 6.63. The second-order valence-corrected chi connectivity index (χ2v) is 5.60. The largest absolute Gasteiger partial charge is 0.281 e. The maximum atomic E-state index is 11.0. The van der Waals surface area contributed by atoms with E-state index in [9.17, 15) is 4.79 Å². The van der Waals surface area contributed by atoms with Crippen molar-refractivity contribution in [1.82, 2.24) is 0 Å². The number of hydrogen-bond donors (Lipinski definition) is 0. The molecule has 0 spiro atoms. The molecule has 1 fully saturated rings. The summed E-state index contributed by atoms with van der Waals surface area (Å²) in [4.78, 5) is 11.0. The molecule has 0 unspecified atom stereocenters. The van der Waals surface area contributed by atoms with Crippen molar-refractivity contribution in [1.29, 1.82) is 0 Å². The predicted molar refractivity (Wildman–Crippen MR) is 69.7 cm³/mol. The van der Waals surface area contributed by atoms with Crippen molar-refractivity contribution in [3.8, 4) is 0 Å². The molecule has 0 aromatic heterocycles. The molecule has 1 rings (SSSR count). The van der Waals surface area contributed by atoms with Crippen LogP contribution in [0.2, 0.25) is 0 Å². The van der Waals surface area contributed by atoms with Gasteiger partial charge < -0.3 is 0 Å². The van der Waals surface area contributed by atoms with Crippen LogP contribution in [-0.2, 0) is 4.79 Å². The molecule has 94 valence electrons. The lowest BCUT2D eigenvalue weighted by atomic mass is 9.80. The molecule has 0 N–H and O–H groups in total. The Morgan fingerprint density at radius 2 is 1.69 bits per heavy atom. The highest BCUT2D eigenvalue weighted by Gasteiger charge is 2.24. The van der Waals surface area contributed by atoms with Crippen molar-refractivity contribution in [2.45, 2.75) is 71.1 Å². The molecule has 1 nitrogen and oxygen atoms in total. The van der Waals surface area contributed by atoms with E-state index in [0.717, 1.165) is 18.8 Å². The van der Waals surface area contributed by atoms with Gasteiger partial charge in [0, 0.05) is 5.92 Å². The number of carbonyl (C=O) groups excluding carboxylic acids is 1. The van der Waals surface area contributed by atoms with E-state index >= 15 is 0 Å². The van der Waals surface area contributed by atoms with Gasteiger partial charge in [-0.1, -0.05) is 45.4 Å². The number of unbranched alkanes of at least 4 members (excludes halogenated alkanes) is 4. The van der Waals surface area contributed by atoms with Gasteiger partial charge in [0.2, 0.25) is 5.24 Å². The van der Waals surface area contributed by atoms with Gasteiger partial charge in [-0.25, -0.2) is 0 Å². The minimum absolute atomic E-state index is 0.110.